The molecular formula is C22H23ClN4O3S. The number of thioether (sulfide) groups is 1. The third kappa shape index (κ3) is 4.87. The molecule has 4 rings (SSSR count). The molecule has 1 atom stereocenters. The second kappa shape index (κ2) is 9.72. The van der Waals surface area contributed by atoms with Gasteiger partial charge in [-0.3, -0.25) is 9.36 Å². The highest BCUT2D eigenvalue weighted by molar-refractivity contribution is 7.99. The van der Waals surface area contributed by atoms with Crippen LogP contribution in [0.5, 0.6) is 5.75 Å². The fourth-order valence-electron chi connectivity index (χ4n) is 3.45. The van der Waals surface area contributed by atoms with Crippen LogP contribution in [-0.4, -0.2) is 64.2 Å². The van der Waals surface area contributed by atoms with Crippen LogP contribution in [0.4, 0.5) is 0 Å². The summed E-state index contributed by atoms with van der Waals surface area (Å²) in [5.74, 6) is 1.66. The van der Waals surface area contributed by atoms with E-state index in [1.807, 2.05) is 64.9 Å². The number of nitrogens with zero attached hydrogens (tertiary/aromatic N) is 4. The zero-order chi connectivity index (χ0) is 21.8. The minimum atomic E-state index is 0.0533. The Balaban J connectivity index is 1.65. The smallest absolute Gasteiger partial charge is 0.233 e. The van der Waals surface area contributed by atoms with E-state index >= 15 is 0 Å². The number of benzene rings is 2. The molecule has 162 valence electrons. The molecule has 1 unspecified atom stereocenters. The lowest BCUT2D eigenvalue weighted by molar-refractivity contribution is -0.135. The van der Waals surface area contributed by atoms with Crippen LogP contribution in [0.1, 0.15) is 6.92 Å². The number of amides is 1. The number of halogens is 1. The molecule has 0 bridgehead atoms. The molecule has 0 radical (unpaired) electrons. The second-order valence-electron chi connectivity index (χ2n) is 7.13. The van der Waals surface area contributed by atoms with Crippen molar-refractivity contribution < 1.29 is 14.3 Å². The van der Waals surface area contributed by atoms with Crippen molar-refractivity contribution >= 4 is 29.3 Å². The lowest BCUT2D eigenvalue weighted by Gasteiger charge is -2.31. The normalized spacial score (nSPS) is 16.4. The molecule has 0 aliphatic carbocycles. The quantitative estimate of drug-likeness (QED) is 0.521. The molecule has 31 heavy (non-hydrogen) atoms. The maximum absolute atomic E-state index is 12.7. The number of carbonyl (C=O) groups excluding carboxylic acids is 1. The third-order valence-electron chi connectivity index (χ3n) is 4.98. The number of carbonyl (C=O) groups is 1. The van der Waals surface area contributed by atoms with E-state index in [-0.39, 0.29) is 17.8 Å². The van der Waals surface area contributed by atoms with E-state index < -0.39 is 0 Å². The molecule has 1 aliphatic rings. The molecule has 1 saturated heterocycles. The lowest BCUT2D eigenvalue weighted by atomic mass is 10.2. The Morgan fingerprint density at radius 3 is 2.74 bits per heavy atom. The fraction of sp³-hybridized carbons (Fsp3) is 0.318. The maximum atomic E-state index is 12.7. The van der Waals surface area contributed by atoms with E-state index in [0.717, 1.165) is 11.3 Å². The molecular weight excluding hydrogens is 436 g/mol. The summed E-state index contributed by atoms with van der Waals surface area (Å²) in [6.07, 6.45) is 0.0533. The summed E-state index contributed by atoms with van der Waals surface area (Å²) in [5, 5.41) is 10.1. The van der Waals surface area contributed by atoms with Crippen molar-refractivity contribution in [2.75, 3.05) is 32.6 Å². The SMILES string of the molecule is COc1ccccc1-c1nnc(SCC(=O)N2CCOC(C)C2)n1-c1ccc(Cl)cc1. The van der Waals surface area contributed by atoms with E-state index in [9.17, 15) is 4.79 Å². The molecule has 0 N–H and O–H groups in total. The molecule has 1 aromatic heterocycles. The van der Waals surface area contributed by atoms with E-state index in [4.69, 9.17) is 21.1 Å². The molecule has 1 amide bonds. The number of ether oxygens (including phenoxy) is 2. The molecule has 0 saturated carbocycles. The van der Waals surface area contributed by atoms with Gasteiger partial charge in [0.15, 0.2) is 11.0 Å². The van der Waals surface area contributed by atoms with Gasteiger partial charge in [0.05, 0.1) is 31.1 Å². The van der Waals surface area contributed by atoms with Crippen LogP contribution in [0.15, 0.2) is 53.7 Å². The minimum Gasteiger partial charge on any atom is -0.496 e. The van der Waals surface area contributed by atoms with Gasteiger partial charge < -0.3 is 14.4 Å². The monoisotopic (exact) mass is 458 g/mol. The van der Waals surface area contributed by atoms with Crippen molar-refractivity contribution in [2.24, 2.45) is 0 Å². The van der Waals surface area contributed by atoms with E-state index in [1.54, 1.807) is 7.11 Å². The summed E-state index contributed by atoms with van der Waals surface area (Å²) >= 11 is 7.45. The first-order chi connectivity index (χ1) is 15.1. The van der Waals surface area contributed by atoms with Crippen molar-refractivity contribution in [3.05, 3.63) is 53.6 Å². The zero-order valence-corrected chi connectivity index (χ0v) is 18.9. The largest absolute Gasteiger partial charge is 0.496 e. The first kappa shape index (κ1) is 21.7. The Morgan fingerprint density at radius 2 is 2.00 bits per heavy atom. The van der Waals surface area contributed by atoms with Crippen LogP contribution in [0, 0.1) is 0 Å². The van der Waals surface area contributed by atoms with Gasteiger partial charge in [-0.25, -0.2) is 0 Å². The molecule has 0 spiro atoms. The maximum Gasteiger partial charge on any atom is 0.233 e. The summed E-state index contributed by atoms with van der Waals surface area (Å²) < 4.78 is 13.0. The predicted octanol–water partition coefficient (Wildman–Crippen LogP) is 3.94. The topological polar surface area (TPSA) is 69.5 Å². The van der Waals surface area contributed by atoms with Crippen LogP contribution < -0.4 is 4.74 Å². The Hall–Kier alpha value is -2.55. The van der Waals surface area contributed by atoms with Gasteiger partial charge in [-0.05, 0) is 43.3 Å². The van der Waals surface area contributed by atoms with Crippen LogP contribution in [0.3, 0.4) is 0 Å². The first-order valence-corrected chi connectivity index (χ1v) is 11.3. The predicted molar refractivity (Wildman–Crippen MR) is 121 cm³/mol. The van der Waals surface area contributed by atoms with Crippen molar-refractivity contribution in [2.45, 2.75) is 18.2 Å². The number of hydrogen-bond acceptors (Lipinski definition) is 6. The number of para-hydroxylation sites is 1. The van der Waals surface area contributed by atoms with Crippen molar-refractivity contribution in [1.82, 2.24) is 19.7 Å². The second-order valence-corrected chi connectivity index (χ2v) is 8.51. The van der Waals surface area contributed by atoms with Gasteiger partial charge in [-0.1, -0.05) is 35.5 Å². The minimum absolute atomic E-state index is 0.0533. The Bertz CT molecular complexity index is 1060. The number of rotatable bonds is 6. The Labute approximate surface area is 190 Å². The van der Waals surface area contributed by atoms with Crippen LogP contribution in [0.25, 0.3) is 17.1 Å². The highest BCUT2D eigenvalue weighted by Gasteiger charge is 2.24. The van der Waals surface area contributed by atoms with Gasteiger partial charge in [-0.2, -0.15) is 0 Å². The number of methoxy groups -OCH3 is 1. The molecule has 9 heteroatoms. The summed E-state index contributed by atoms with van der Waals surface area (Å²) in [6.45, 7) is 3.76. The summed E-state index contributed by atoms with van der Waals surface area (Å²) in [5.41, 5.74) is 1.66. The Kier molecular flexibility index (Phi) is 6.80. The number of aromatic nitrogens is 3. The molecule has 1 fully saturated rings. The van der Waals surface area contributed by atoms with Crippen LogP contribution >= 0.6 is 23.4 Å². The lowest BCUT2D eigenvalue weighted by Crippen LogP contribution is -2.45. The van der Waals surface area contributed by atoms with E-state index in [0.29, 0.717) is 41.4 Å². The van der Waals surface area contributed by atoms with Crippen LogP contribution in [-0.2, 0) is 9.53 Å². The van der Waals surface area contributed by atoms with Gasteiger partial charge in [0.2, 0.25) is 5.91 Å². The Morgan fingerprint density at radius 1 is 1.23 bits per heavy atom. The van der Waals surface area contributed by atoms with E-state index in [1.165, 1.54) is 11.8 Å². The first-order valence-electron chi connectivity index (χ1n) is 9.93. The molecule has 2 heterocycles. The standard InChI is InChI=1S/C22H23ClN4O3S/c1-15-13-26(11-12-30-15)20(28)14-31-22-25-24-21(18-5-3-4-6-19(18)29-2)27(22)17-9-7-16(23)8-10-17/h3-10,15H,11-14H2,1-2H3. The fourth-order valence-corrected chi connectivity index (χ4v) is 4.43. The summed E-state index contributed by atoms with van der Waals surface area (Å²) in [6, 6.07) is 15.1. The van der Waals surface area contributed by atoms with Gasteiger partial charge in [0.25, 0.3) is 0 Å². The van der Waals surface area contributed by atoms with Crippen molar-refractivity contribution in [3.8, 4) is 22.8 Å². The summed E-state index contributed by atoms with van der Waals surface area (Å²) in [7, 11) is 1.62. The van der Waals surface area contributed by atoms with E-state index in [2.05, 4.69) is 10.2 Å². The highest BCUT2D eigenvalue weighted by Crippen LogP contribution is 2.33. The zero-order valence-electron chi connectivity index (χ0n) is 17.3. The van der Waals surface area contributed by atoms with Crippen molar-refractivity contribution in [1.29, 1.82) is 0 Å². The van der Waals surface area contributed by atoms with Gasteiger partial charge >= 0.3 is 0 Å². The molecule has 7 nitrogen and oxygen atoms in total. The highest BCUT2D eigenvalue weighted by atomic mass is 35.5. The van der Waals surface area contributed by atoms with Crippen molar-refractivity contribution in [3.63, 3.8) is 0 Å². The van der Waals surface area contributed by atoms with Gasteiger partial charge in [0, 0.05) is 23.8 Å². The average Bonchev–Trinajstić information content (AvgIpc) is 3.21. The van der Waals surface area contributed by atoms with Crippen LogP contribution in [0.2, 0.25) is 5.02 Å². The summed E-state index contributed by atoms with van der Waals surface area (Å²) in [4.78, 5) is 14.6. The number of hydrogen-bond donors (Lipinski definition) is 0. The molecule has 1 aliphatic heterocycles. The van der Waals surface area contributed by atoms with Gasteiger partial charge in [-0.15, -0.1) is 10.2 Å². The average molecular weight is 459 g/mol. The van der Waals surface area contributed by atoms with Gasteiger partial charge in [0.1, 0.15) is 5.75 Å². The molecule has 2 aromatic carbocycles. The number of morpholine rings is 1. The molecule has 3 aromatic rings. The third-order valence-corrected chi connectivity index (χ3v) is 6.15.